The number of carbonyl (C=O) groups is 1. The van der Waals surface area contributed by atoms with Crippen molar-refractivity contribution >= 4 is 27.4 Å². The molecule has 178 valence electrons. The van der Waals surface area contributed by atoms with Crippen molar-refractivity contribution in [2.75, 3.05) is 36.5 Å². The molecule has 0 saturated carbocycles. The monoisotopic (exact) mass is 473 g/mol. The summed E-state index contributed by atoms with van der Waals surface area (Å²) >= 11 is 0. The van der Waals surface area contributed by atoms with Crippen LogP contribution in [0.15, 0.2) is 24.3 Å². The van der Waals surface area contributed by atoms with Crippen LogP contribution in [0, 0.1) is 0 Å². The summed E-state index contributed by atoms with van der Waals surface area (Å²) in [4.78, 5) is 23.6. The second-order valence-electron chi connectivity index (χ2n) is 9.17. The Morgan fingerprint density at radius 2 is 1.97 bits per heavy atom. The normalized spacial score (nSPS) is 21.2. The van der Waals surface area contributed by atoms with Crippen molar-refractivity contribution in [2.45, 2.75) is 50.7 Å². The predicted molar refractivity (Wildman–Crippen MR) is 128 cm³/mol. The van der Waals surface area contributed by atoms with Gasteiger partial charge < -0.3 is 20.3 Å². The molecule has 0 aliphatic carbocycles. The zero-order valence-electron chi connectivity index (χ0n) is 19.5. The molecule has 2 aromatic rings. The zero-order valence-corrected chi connectivity index (χ0v) is 20.3. The van der Waals surface area contributed by atoms with Gasteiger partial charge >= 0.3 is 6.03 Å². The number of morpholine rings is 1. The van der Waals surface area contributed by atoms with Gasteiger partial charge in [-0.2, -0.15) is 0 Å². The second-order valence-corrected chi connectivity index (χ2v) is 11.8. The smallest absolute Gasteiger partial charge is 0.319 e. The lowest BCUT2D eigenvalue weighted by Crippen LogP contribution is -2.46. The summed E-state index contributed by atoms with van der Waals surface area (Å²) in [5.41, 5.74) is 2.93. The van der Waals surface area contributed by atoms with Crippen molar-refractivity contribution in [2.24, 2.45) is 0 Å². The lowest BCUT2D eigenvalue weighted by atomic mass is 10.0. The third-order valence-corrected chi connectivity index (χ3v) is 8.72. The molecule has 0 bridgehead atoms. The molecule has 2 N–H and O–H groups in total. The molecule has 1 aromatic heterocycles. The van der Waals surface area contributed by atoms with E-state index < -0.39 is 14.6 Å². The van der Waals surface area contributed by atoms with Gasteiger partial charge in [0, 0.05) is 36.3 Å². The Balaban J connectivity index is 1.76. The first kappa shape index (κ1) is 23.4. The fraction of sp³-hybridized carbons (Fsp3) is 0.522. The minimum atomic E-state index is -3.34. The van der Waals surface area contributed by atoms with E-state index in [2.05, 4.69) is 22.5 Å². The molecule has 1 saturated heterocycles. The molecule has 9 nitrogen and oxygen atoms in total. The van der Waals surface area contributed by atoms with Gasteiger partial charge in [0.1, 0.15) is 5.82 Å². The van der Waals surface area contributed by atoms with Crippen LogP contribution in [0.5, 0.6) is 0 Å². The van der Waals surface area contributed by atoms with Crippen molar-refractivity contribution in [1.82, 2.24) is 15.3 Å². The highest BCUT2D eigenvalue weighted by Gasteiger charge is 2.42. The Hall–Kier alpha value is -2.72. The number of rotatable bonds is 4. The SMILES string of the molecule is CCNC(=O)Nc1ccc(-c2nc3c(c(N4CCOCC4C)n2)CS(=O)(=O)C(C)(C)C3)cc1. The lowest BCUT2D eigenvalue weighted by Gasteiger charge is -2.38. The highest BCUT2D eigenvalue weighted by atomic mass is 32.2. The minimum Gasteiger partial charge on any atom is -0.377 e. The number of nitrogens with one attached hydrogen (secondary N) is 2. The number of aromatic nitrogens is 2. The van der Waals surface area contributed by atoms with Crippen LogP contribution in [0.2, 0.25) is 0 Å². The first-order valence-electron chi connectivity index (χ1n) is 11.2. The number of sulfone groups is 1. The maximum absolute atomic E-state index is 13.0. The van der Waals surface area contributed by atoms with Crippen LogP contribution in [0.3, 0.4) is 0 Å². The highest BCUT2D eigenvalue weighted by Crippen LogP contribution is 2.38. The van der Waals surface area contributed by atoms with E-state index in [1.807, 2.05) is 19.1 Å². The molecular formula is C23H31N5O4S. The van der Waals surface area contributed by atoms with Gasteiger partial charge in [-0.05, 0) is 52.0 Å². The van der Waals surface area contributed by atoms with Gasteiger partial charge in [0.25, 0.3) is 0 Å². The molecule has 0 spiro atoms. The van der Waals surface area contributed by atoms with E-state index in [1.54, 1.807) is 26.0 Å². The van der Waals surface area contributed by atoms with Crippen molar-refractivity contribution in [3.05, 3.63) is 35.5 Å². The number of ether oxygens (including phenoxy) is 1. The Morgan fingerprint density at radius 1 is 1.24 bits per heavy atom. The third kappa shape index (κ3) is 4.67. The third-order valence-electron chi connectivity index (χ3n) is 6.22. The Labute approximate surface area is 194 Å². The van der Waals surface area contributed by atoms with E-state index in [0.29, 0.717) is 55.6 Å². The van der Waals surface area contributed by atoms with Crippen LogP contribution in [-0.4, -0.2) is 61.5 Å². The first-order valence-corrected chi connectivity index (χ1v) is 12.9. The molecule has 2 aliphatic heterocycles. The Bertz CT molecular complexity index is 1150. The fourth-order valence-electron chi connectivity index (χ4n) is 4.16. The van der Waals surface area contributed by atoms with E-state index in [0.717, 1.165) is 11.3 Å². The molecule has 1 aromatic carbocycles. The maximum atomic E-state index is 13.0. The second kappa shape index (κ2) is 8.90. The summed E-state index contributed by atoms with van der Waals surface area (Å²) in [5, 5.41) is 5.48. The Kier molecular flexibility index (Phi) is 6.32. The fourth-order valence-corrected chi connectivity index (χ4v) is 5.58. The molecule has 3 heterocycles. The average Bonchev–Trinajstić information content (AvgIpc) is 2.75. The van der Waals surface area contributed by atoms with Gasteiger partial charge in [0.05, 0.1) is 35.4 Å². The number of benzene rings is 1. The highest BCUT2D eigenvalue weighted by molar-refractivity contribution is 7.92. The molecule has 10 heteroatoms. The van der Waals surface area contributed by atoms with Gasteiger partial charge in [-0.3, -0.25) is 0 Å². The van der Waals surface area contributed by atoms with Gasteiger partial charge in [-0.1, -0.05) is 0 Å². The number of hydrogen-bond donors (Lipinski definition) is 2. The molecule has 2 amide bonds. The van der Waals surface area contributed by atoms with Crippen LogP contribution < -0.4 is 15.5 Å². The molecule has 1 atom stereocenters. The van der Waals surface area contributed by atoms with Crippen LogP contribution in [0.4, 0.5) is 16.3 Å². The van der Waals surface area contributed by atoms with Crippen LogP contribution >= 0.6 is 0 Å². The number of fused-ring (bicyclic) bond motifs is 1. The standard InChI is InChI=1S/C23H31N5O4S/c1-5-24-22(29)25-17-8-6-16(7-9-17)20-26-19-12-23(3,4)33(30,31)14-18(19)21(27-20)28-10-11-32-13-15(28)2/h6-9,15H,5,10-14H2,1-4H3,(H2,24,25,29). The number of urea groups is 1. The summed E-state index contributed by atoms with van der Waals surface area (Å²) in [6.45, 7) is 9.73. The van der Waals surface area contributed by atoms with Crippen LogP contribution in [0.25, 0.3) is 11.4 Å². The molecule has 0 radical (unpaired) electrons. The molecule has 1 unspecified atom stereocenters. The van der Waals surface area contributed by atoms with Crippen molar-refractivity contribution in [3.63, 3.8) is 0 Å². The van der Waals surface area contributed by atoms with E-state index in [4.69, 9.17) is 14.7 Å². The summed E-state index contributed by atoms with van der Waals surface area (Å²) in [7, 11) is -3.34. The minimum absolute atomic E-state index is 0.0651. The Morgan fingerprint density at radius 3 is 2.64 bits per heavy atom. The predicted octanol–water partition coefficient (Wildman–Crippen LogP) is 2.76. The van der Waals surface area contributed by atoms with Crippen molar-refractivity contribution in [1.29, 1.82) is 0 Å². The number of carbonyl (C=O) groups excluding carboxylic acids is 1. The van der Waals surface area contributed by atoms with E-state index in [9.17, 15) is 13.2 Å². The summed E-state index contributed by atoms with van der Waals surface area (Å²) < 4.78 is 30.6. The summed E-state index contributed by atoms with van der Waals surface area (Å²) in [6, 6.07) is 7.15. The summed E-state index contributed by atoms with van der Waals surface area (Å²) in [5.74, 6) is 1.15. The van der Waals surface area contributed by atoms with Crippen LogP contribution in [-0.2, 0) is 26.7 Å². The average molecular weight is 474 g/mol. The molecule has 2 aliphatic rings. The molecule has 4 rings (SSSR count). The van der Waals surface area contributed by atoms with E-state index >= 15 is 0 Å². The largest absolute Gasteiger partial charge is 0.377 e. The molecule has 1 fully saturated rings. The molecular weight excluding hydrogens is 442 g/mol. The first-order chi connectivity index (χ1) is 15.6. The van der Waals surface area contributed by atoms with Crippen molar-refractivity contribution < 1.29 is 17.9 Å². The van der Waals surface area contributed by atoms with Crippen LogP contribution in [0.1, 0.15) is 39.0 Å². The number of nitrogens with zero attached hydrogens (tertiary/aromatic N) is 3. The molecule has 33 heavy (non-hydrogen) atoms. The number of amides is 2. The van der Waals surface area contributed by atoms with Gasteiger partial charge in [0.15, 0.2) is 15.7 Å². The van der Waals surface area contributed by atoms with E-state index in [1.165, 1.54) is 0 Å². The van der Waals surface area contributed by atoms with Gasteiger partial charge in [0.2, 0.25) is 0 Å². The van der Waals surface area contributed by atoms with E-state index in [-0.39, 0.29) is 17.8 Å². The van der Waals surface area contributed by atoms with Gasteiger partial charge in [-0.25, -0.2) is 23.2 Å². The topological polar surface area (TPSA) is 114 Å². The lowest BCUT2D eigenvalue weighted by molar-refractivity contribution is 0.0984. The summed E-state index contributed by atoms with van der Waals surface area (Å²) in [6.07, 6.45) is 0.336. The van der Waals surface area contributed by atoms with Crippen molar-refractivity contribution in [3.8, 4) is 11.4 Å². The number of anilines is 2. The quantitative estimate of drug-likeness (QED) is 0.702. The maximum Gasteiger partial charge on any atom is 0.319 e. The number of hydrogen-bond acceptors (Lipinski definition) is 7. The zero-order chi connectivity index (χ0) is 23.8. The van der Waals surface area contributed by atoms with Gasteiger partial charge in [-0.15, -0.1) is 0 Å².